The number of carbonyl (C=O) groups is 2. The normalized spacial score (nSPS) is 23.9. The first-order valence-corrected chi connectivity index (χ1v) is 5.81. The van der Waals surface area contributed by atoms with Crippen LogP contribution < -0.4 is 5.32 Å². The lowest BCUT2D eigenvalue weighted by Gasteiger charge is -2.23. The van der Waals surface area contributed by atoms with Gasteiger partial charge in [-0.15, -0.1) is 0 Å². The molecule has 1 saturated heterocycles. The van der Waals surface area contributed by atoms with Gasteiger partial charge in [0.25, 0.3) is 0 Å². The van der Waals surface area contributed by atoms with E-state index in [4.69, 9.17) is 14.9 Å². The minimum Gasteiger partial charge on any atom is -0.465 e. The second-order valence-corrected chi connectivity index (χ2v) is 5.38. The van der Waals surface area contributed by atoms with E-state index in [1.165, 1.54) is 4.90 Å². The lowest BCUT2D eigenvalue weighted by molar-refractivity contribution is 0.0487. The summed E-state index contributed by atoms with van der Waals surface area (Å²) in [6.45, 7) is 5.44. The van der Waals surface area contributed by atoms with Gasteiger partial charge in [-0.25, -0.2) is 9.59 Å². The second-order valence-electron chi connectivity index (χ2n) is 5.38. The third-order valence-corrected chi connectivity index (χ3v) is 2.65. The number of aliphatic hydroxyl groups is 1. The Morgan fingerprint density at radius 3 is 2.44 bits per heavy atom. The number of rotatable bonds is 2. The summed E-state index contributed by atoms with van der Waals surface area (Å²) in [7, 11) is 0. The number of hydrogen-bond acceptors (Lipinski definition) is 4. The molecule has 1 heterocycles. The number of nitrogens with one attached hydrogen (secondary N) is 1. The maximum absolute atomic E-state index is 11.6. The third kappa shape index (κ3) is 4.06. The highest BCUT2D eigenvalue weighted by Gasteiger charge is 2.36. The summed E-state index contributed by atoms with van der Waals surface area (Å²) >= 11 is 0. The number of carbonyl (C=O) groups excluding carboxylic acids is 1. The topological polar surface area (TPSA) is 99.1 Å². The van der Waals surface area contributed by atoms with Crippen LogP contribution >= 0.6 is 0 Å². The Kier molecular flexibility index (Phi) is 4.39. The van der Waals surface area contributed by atoms with Crippen molar-refractivity contribution in [2.45, 2.75) is 32.4 Å². The standard InChI is InChI=1S/C11H20N2O5/c1-11(2,3)18-9(15)12-8-5-13(10(16)17)4-7(8)6-14/h7-8,14H,4-6H2,1-3H3,(H,12,15)(H,16,17)/t7-,8-/m1/s1. The number of hydrogen-bond donors (Lipinski definition) is 3. The lowest BCUT2D eigenvalue weighted by Crippen LogP contribution is -2.44. The third-order valence-electron chi connectivity index (χ3n) is 2.65. The zero-order valence-corrected chi connectivity index (χ0v) is 10.8. The van der Waals surface area contributed by atoms with Crippen molar-refractivity contribution in [2.24, 2.45) is 5.92 Å². The number of likely N-dealkylation sites (tertiary alicyclic amines) is 1. The van der Waals surface area contributed by atoms with E-state index in [9.17, 15) is 9.59 Å². The van der Waals surface area contributed by atoms with Crippen LogP contribution in [0.3, 0.4) is 0 Å². The Hall–Kier alpha value is -1.50. The maximum Gasteiger partial charge on any atom is 0.407 e. The summed E-state index contributed by atoms with van der Waals surface area (Å²) in [6.07, 6.45) is -1.65. The first kappa shape index (κ1) is 14.6. The molecule has 0 unspecified atom stereocenters. The molecule has 2 atom stereocenters. The van der Waals surface area contributed by atoms with Crippen LogP contribution in [0.4, 0.5) is 9.59 Å². The molecule has 104 valence electrons. The monoisotopic (exact) mass is 260 g/mol. The van der Waals surface area contributed by atoms with Crippen molar-refractivity contribution in [3.8, 4) is 0 Å². The molecule has 0 aliphatic carbocycles. The Balaban J connectivity index is 2.55. The number of carboxylic acid groups (broad SMARTS) is 1. The van der Waals surface area contributed by atoms with Gasteiger partial charge >= 0.3 is 12.2 Å². The molecular formula is C11H20N2O5. The zero-order chi connectivity index (χ0) is 13.9. The molecule has 3 N–H and O–H groups in total. The number of alkyl carbamates (subject to hydrolysis) is 1. The Bertz CT molecular complexity index is 326. The van der Waals surface area contributed by atoms with Gasteiger partial charge in [0.05, 0.1) is 6.04 Å². The summed E-state index contributed by atoms with van der Waals surface area (Å²) in [4.78, 5) is 23.6. The summed E-state index contributed by atoms with van der Waals surface area (Å²) in [5.74, 6) is -0.298. The van der Waals surface area contributed by atoms with Crippen LogP contribution in [0.2, 0.25) is 0 Å². The molecule has 7 heteroatoms. The fraction of sp³-hybridized carbons (Fsp3) is 0.818. The van der Waals surface area contributed by atoms with Crippen LogP contribution in [-0.4, -0.2) is 58.6 Å². The van der Waals surface area contributed by atoms with Crippen LogP contribution in [0.5, 0.6) is 0 Å². The van der Waals surface area contributed by atoms with Crippen LogP contribution in [-0.2, 0) is 4.74 Å². The first-order chi connectivity index (χ1) is 8.23. The van der Waals surface area contributed by atoms with Gasteiger partial charge in [0.2, 0.25) is 0 Å². The largest absolute Gasteiger partial charge is 0.465 e. The van der Waals surface area contributed by atoms with Crippen molar-refractivity contribution in [2.75, 3.05) is 19.7 Å². The van der Waals surface area contributed by atoms with E-state index in [-0.39, 0.29) is 25.6 Å². The highest BCUT2D eigenvalue weighted by Crippen LogP contribution is 2.17. The van der Waals surface area contributed by atoms with Crippen LogP contribution in [0.1, 0.15) is 20.8 Å². The second kappa shape index (κ2) is 5.43. The average Bonchev–Trinajstić information content (AvgIpc) is 2.57. The van der Waals surface area contributed by atoms with Crippen molar-refractivity contribution in [3.63, 3.8) is 0 Å². The summed E-state index contributed by atoms with van der Waals surface area (Å²) in [6, 6.07) is -0.416. The molecule has 0 spiro atoms. The molecule has 0 radical (unpaired) electrons. The molecule has 0 saturated carbocycles. The molecule has 1 rings (SSSR count). The van der Waals surface area contributed by atoms with Gasteiger partial charge in [0.15, 0.2) is 0 Å². The van der Waals surface area contributed by atoms with E-state index in [1.54, 1.807) is 20.8 Å². The number of ether oxygens (including phenoxy) is 1. The van der Waals surface area contributed by atoms with Gasteiger partial charge in [-0.1, -0.05) is 0 Å². The Morgan fingerprint density at radius 1 is 1.39 bits per heavy atom. The molecule has 7 nitrogen and oxygen atoms in total. The predicted molar refractivity (Wildman–Crippen MR) is 63.3 cm³/mol. The molecule has 1 fully saturated rings. The van der Waals surface area contributed by atoms with Crippen molar-refractivity contribution in [1.29, 1.82) is 0 Å². The van der Waals surface area contributed by atoms with Gasteiger partial charge in [-0.05, 0) is 20.8 Å². The predicted octanol–water partition coefficient (Wildman–Crippen LogP) is 0.482. The Labute approximate surface area is 106 Å². The van der Waals surface area contributed by atoms with E-state index >= 15 is 0 Å². The van der Waals surface area contributed by atoms with E-state index in [0.29, 0.717) is 0 Å². The zero-order valence-electron chi connectivity index (χ0n) is 10.8. The van der Waals surface area contributed by atoms with Gasteiger partial charge in [-0.2, -0.15) is 0 Å². The van der Waals surface area contributed by atoms with Crippen LogP contribution in [0, 0.1) is 5.92 Å². The minimum absolute atomic E-state index is 0.166. The van der Waals surface area contributed by atoms with Gasteiger partial charge < -0.3 is 25.2 Å². The van der Waals surface area contributed by atoms with Crippen LogP contribution in [0.15, 0.2) is 0 Å². The van der Waals surface area contributed by atoms with Gasteiger partial charge in [0, 0.05) is 25.6 Å². The molecule has 0 aromatic rings. The van der Waals surface area contributed by atoms with Crippen molar-refractivity contribution in [1.82, 2.24) is 10.2 Å². The molecule has 0 bridgehead atoms. The van der Waals surface area contributed by atoms with Crippen molar-refractivity contribution in [3.05, 3.63) is 0 Å². The van der Waals surface area contributed by atoms with Crippen LogP contribution in [0.25, 0.3) is 0 Å². The number of nitrogens with zero attached hydrogens (tertiary/aromatic N) is 1. The maximum atomic E-state index is 11.6. The van der Waals surface area contributed by atoms with Gasteiger partial charge in [0.1, 0.15) is 5.60 Å². The minimum atomic E-state index is -1.05. The van der Waals surface area contributed by atoms with E-state index in [0.717, 1.165) is 0 Å². The Morgan fingerprint density at radius 2 is 2.00 bits per heavy atom. The molecular weight excluding hydrogens is 240 g/mol. The molecule has 0 aromatic heterocycles. The van der Waals surface area contributed by atoms with Gasteiger partial charge in [-0.3, -0.25) is 0 Å². The average molecular weight is 260 g/mol. The molecule has 18 heavy (non-hydrogen) atoms. The SMILES string of the molecule is CC(C)(C)OC(=O)N[C@@H]1CN(C(=O)O)C[C@@H]1CO. The molecule has 0 aromatic carbocycles. The summed E-state index contributed by atoms with van der Waals surface area (Å²) in [5, 5.41) is 20.6. The quantitative estimate of drug-likeness (QED) is 0.670. The van der Waals surface area contributed by atoms with E-state index in [1.807, 2.05) is 0 Å². The van der Waals surface area contributed by atoms with Crippen molar-refractivity contribution >= 4 is 12.2 Å². The first-order valence-electron chi connectivity index (χ1n) is 5.81. The van der Waals surface area contributed by atoms with Crippen molar-refractivity contribution < 1.29 is 24.5 Å². The summed E-state index contributed by atoms with van der Waals surface area (Å²) in [5.41, 5.74) is -0.607. The molecule has 1 aliphatic heterocycles. The highest BCUT2D eigenvalue weighted by atomic mass is 16.6. The molecule has 2 amide bonds. The van der Waals surface area contributed by atoms with E-state index in [2.05, 4.69) is 5.32 Å². The number of aliphatic hydroxyl groups excluding tert-OH is 1. The summed E-state index contributed by atoms with van der Waals surface area (Å²) < 4.78 is 5.09. The fourth-order valence-corrected chi connectivity index (χ4v) is 1.83. The highest BCUT2D eigenvalue weighted by molar-refractivity contribution is 5.69. The van der Waals surface area contributed by atoms with E-state index < -0.39 is 23.8 Å². The molecule has 1 aliphatic rings. The fourth-order valence-electron chi connectivity index (χ4n) is 1.83. The smallest absolute Gasteiger partial charge is 0.407 e. The number of amides is 2. The lowest BCUT2D eigenvalue weighted by atomic mass is 10.1.